The number of benzene rings is 3. The van der Waals surface area contributed by atoms with E-state index >= 15 is 0 Å². The Labute approximate surface area is 230 Å². The van der Waals surface area contributed by atoms with Crippen molar-refractivity contribution in [3.8, 4) is 11.1 Å². The van der Waals surface area contributed by atoms with Crippen LogP contribution in [0.3, 0.4) is 0 Å². The lowest BCUT2D eigenvalue weighted by Crippen LogP contribution is -2.46. The number of aryl methyl sites for hydroxylation is 1. The fourth-order valence-corrected chi connectivity index (χ4v) is 4.36. The first-order valence-corrected chi connectivity index (χ1v) is 13.4. The van der Waals surface area contributed by atoms with Crippen LogP contribution < -0.4 is 21.7 Å². The number of nitrogens with two attached hydrogens (primary N) is 1. The van der Waals surface area contributed by atoms with Gasteiger partial charge in [0.1, 0.15) is 6.04 Å². The highest BCUT2D eigenvalue weighted by Crippen LogP contribution is 2.22. The van der Waals surface area contributed by atoms with E-state index in [-0.39, 0.29) is 23.9 Å². The minimum Gasteiger partial charge on any atom is -0.352 e. The Morgan fingerprint density at radius 2 is 1.51 bits per heavy atom. The quantitative estimate of drug-likeness (QED) is 0.171. The molecule has 0 radical (unpaired) electrons. The molecule has 5 N–H and O–H groups in total. The number of hydrogen-bond donors (Lipinski definition) is 4. The van der Waals surface area contributed by atoms with Crippen molar-refractivity contribution in [2.75, 3.05) is 18.4 Å². The van der Waals surface area contributed by atoms with E-state index < -0.39 is 6.04 Å². The Hall–Kier alpha value is -3.88. The molecular weight excluding hydrogens is 490 g/mol. The Balaban J connectivity index is 1.36. The summed E-state index contributed by atoms with van der Waals surface area (Å²) in [7, 11) is 0. The summed E-state index contributed by atoms with van der Waals surface area (Å²) in [5, 5.41) is 12.2. The standard InChI is InChI=1S/C31H39N5O3/c1-22(20-25-8-11-26(12-9-25)27-13-16-28(17-14-27)35-23(2)37)34-31(38)30(32)18-19-33-21-29(36-39)15-10-24-6-4-3-5-7-24/h3-9,11-14,16-17,22,29-30,33H,10,15,18-21,32H2,1-2H3,(H,34,38)(H,35,37)/t22-,29-,30-/m0/s1. The largest absolute Gasteiger partial charge is 0.352 e. The number of nitrogens with one attached hydrogen (secondary N) is 3. The molecule has 0 bridgehead atoms. The second-order valence-electron chi connectivity index (χ2n) is 9.95. The number of hydrogen-bond acceptors (Lipinski definition) is 6. The Bertz CT molecular complexity index is 1180. The van der Waals surface area contributed by atoms with Gasteiger partial charge in [-0.05, 0) is 73.5 Å². The Kier molecular flexibility index (Phi) is 11.8. The van der Waals surface area contributed by atoms with E-state index in [9.17, 15) is 14.5 Å². The fraction of sp³-hybridized carbons (Fsp3) is 0.355. The number of carbonyl (C=O) groups excluding carboxylic acids is 2. The first kappa shape index (κ1) is 29.7. The summed E-state index contributed by atoms with van der Waals surface area (Å²) in [6.45, 7) is 4.45. The highest BCUT2D eigenvalue weighted by molar-refractivity contribution is 5.89. The molecular formula is C31H39N5O3. The molecule has 3 aromatic rings. The van der Waals surface area contributed by atoms with Crippen molar-refractivity contribution in [1.29, 1.82) is 0 Å². The molecule has 0 saturated carbocycles. The van der Waals surface area contributed by atoms with Crippen LogP contribution in [0.2, 0.25) is 0 Å². The molecule has 0 aliphatic heterocycles. The zero-order valence-electron chi connectivity index (χ0n) is 22.7. The van der Waals surface area contributed by atoms with Crippen molar-refractivity contribution in [3.63, 3.8) is 0 Å². The van der Waals surface area contributed by atoms with Crippen LogP contribution in [-0.4, -0.2) is 43.0 Å². The van der Waals surface area contributed by atoms with Crippen molar-refractivity contribution in [2.45, 2.75) is 57.7 Å². The highest BCUT2D eigenvalue weighted by Gasteiger charge is 2.16. The number of nitroso groups, excluding NO2 is 1. The lowest BCUT2D eigenvalue weighted by Gasteiger charge is -2.18. The lowest BCUT2D eigenvalue weighted by atomic mass is 10.0. The van der Waals surface area contributed by atoms with Gasteiger partial charge in [-0.1, -0.05) is 71.9 Å². The molecule has 0 spiro atoms. The number of rotatable bonds is 15. The molecule has 39 heavy (non-hydrogen) atoms. The normalized spacial score (nSPS) is 13.2. The molecule has 8 nitrogen and oxygen atoms in total. The summed E-state index contributed by atoms with van der Waals surface area (Å²) in [4.78, 5) is 34.9. The molecule has 0 aromatic heterocycles. The summed E-state index contributed by atoms with van der Waals surface area (Å²) >= 11 is 0. The molecule has 3 atom stereocenters. The third-order valence-electron chi connectivity index (χ3n) is 6.53. The minimum absolute atomic E-state index is 0.0686. The molecule has 3 rings (SSSR count). The van der Waals surface area contributed by atoms with Gasteiger partial charge < -0.3 is 21.7 Å². The fourth-order valence-electron chi connectivity index (χ4n) is 4.36. The van der Waals surface area contributed by atoms with Crippen LogP contribution in [0.25, 0.3) is 11.1 Å². The van der Waals surface area contributed by atoms with Crippen molar-refractivity contribution in [1.82, 2.24) is 10.6 Å². The maximum Gasteiger partial charge on any atom is 0.237 e. The van der Waals surface area contributed by atoms with Crippen LogP contribution in [-0.2, 0) is 22.4 Å². The predicted octanol–water partition coefficient (Wildman–Crippen LogP) is 4.43. The van der Waals surface area contributed by atoms with E-state index in [2.05, 4.69) is 45.4 Å². The third kappa shape index (κ3) is 10.4. The molecule has 3 aromatic carbocycles. The van der Waals surface area contributed by atoms with E-state index in [1.165, 1.54) is 12.5 Å². The van der Waals surface area contributed by atoms with E-state index in [4.69, 9.17) is 5.73 Å². The summed E-state index contributed by atoms with van der Waals surface area (Å²) in [5.74, 6) is -0.282. The first-order valence-electron chi connectivity index (χ1n) is 13.4. The second kappa shape index (κ2) is 15.5. The zero-order valence-corrected chi connectivity index (χ0v) is 22.7. The van der Waals surface area contributed by atoms with Gasteiger partial charge >= 0.3 is 0 Å². The molecule has 0 heterocycles. The molecule has 206 valence electrons. The van der Waals surface area contributed by atoms with Gasteiger partial charge in [-0.2, -0.15) is 4.91 Å². The van der Waals surface area contributed by atoms with Gasteiger partial charge in [0, 0.05) is 25.2 Å². The third-order valence-corrected chi connectivity index (χ3v) is 6.53. The molecule has 0 aliphatic carbocycles. The zero-order chi connectivity index (χ0) is 28.0. The van der Waals surface area contributed by atoms with E-state index in [1.54, 1.807) is 0 Å². The smallest absolute Gasteiger partial charge is 0.237 e. The maximum absolute atomic E-state index is 12.6. The number of amides is 2. The number of anilines is 1. The van der Waals surface area contributed by atoms with Crippen LogP contribution in [0, 0.1) is 4.91 Å². The van der Waals surface area contributed by atoms with E-state index in [0.717, 1.165) is 28.8 Å². The first-order chi connectivity index (χ1) is 18.8. The molecule has 0 aliphatic rings. The topological polar surface area (TPSA) is 126 Å². The van der Waals surface area contributed by atoms with Gasteiger partial charge in [0.15, 0.2) is 0 Å². The average Bonchev–Trinajstić information content (AvgIpc) is 2.93. The highest BCUT2D eigenvalue weighted by atomic mass is 16.3. The van der Waals surface area contributed by atoms with Gasteiger partial charge in [-0.25, -0.2) is 0 Å². The van der Waals surface area contributed by atoms with Crippen LogP contribution >= 0.6 is 0 Å². The predicted molar refractivity (Wildman–Crippen MR) is 157 cm³/mol. The van der Waals surface area contributed by atoms with Crippen molar-refractivity contribution in [2.24, 2.45) is 10.9 Å². The van der Waals surface area contributed by atoms with Gasteiger partial charge in [-0.3, -0.25) is 9.59 Å². The maximum atomic E-state index is 12.6. The van der Waals surface area contributed by atoms with Crippen LogP contribution in [0.15, 0.2) is 84.0 Å². The van der Waals surface area contributed by atoms with Crippen molar-refractivity contribution >= 4 is 17.5 Å². The SMILES string of the molecule is CC(=O)Nc1ccc(-c2ccc(C[C@H](C)NC(=O)[C@@H](N)CCNC[C@H](CCc3ccccc3)N=O)cc2)cc1. The molecule has 2 amide bonds. The second-order valence-corrected chi connectivity index (χ2v) is 9.95. The average molecular weight is 530 g/mol. The van der Waals surface area contributed by atoms with Crippen LogP contribution in [0.5, 0.6) is 0 Å². The van der Waals surface area contributed by atoms with Crippen molar-refractivity contribution < 1.29 is 9.59 Å². The van der Waals surface area contributed by atoms with Crippen LogP contribution in [0.4, 0.5) is 5.69 Å². The van der Waals surface area contributed by atoms with Gasteiger partial charge in [-0.15, -0.1) is 0 Å². The summed E-state index contributed by atoms with van der Waals surface area (Å²) < 4.78 is 0. The van der Waals surface area contributed by atoms with Gasteiger partial charge in [0.05, 0.1) is 6.04 Å². The monoisotopic (exact) mass is 529 g/mol. The Morgan fingerprint density at radius 3 is 2.13 bits per heavy atom. The lowest BCUT2D eigenvalue weighted by molar-refractivity contribution is -0.123. The molecule has 8 heteroatoms. The van der Waals surface area contributed by atoms with Crippen molar-refractivity contribution in [3.05, 3.63) is 94.9 Å². The van der Waals surface area contributed by atoms with E-state index in [0.29, 0.717) is 32.4 Å². The minimum atomic E-state index is -0.630. The molecule has 0 fully saturated rings. The summed E-state index contributed by atoms with van der Waals surface area (Å²) in [6, 6.07) is 24.9. The van der Waals surface area contributed by atoms with Gasteiger partial charge in [0.2, 0.25) is 11.8 Å². The molecule has 0 unspecified atom stereocenters. The van der Waals surface area contributed by atoms with E-state index in [1.807, 2.05) is 61.5 Å². The van der Waals surface area contributed by atoms with Crippen LogP contribution in [0.1, 0.15) is 37.8 Å². The summed E-state index contributed by atoms with van der Waals surface area (Å²) in [5.41, 5.74) is 11.3. The van der Waals surface area contributed by atoms with Gasteiger partial charge in [0.25, 0.3) is 0 Å². The number of carbonyl (C=O) groups is 2. The Morgan fingerprint density at radius 1 is 0.872 bits per heavy atom. The summed E-state index contributed by atoms with van der Waals surface area (Å²) in [6.07, 6.45) is 2.63. The molecule has 0 saturated heterocycles. The number of nitrogens with zero attached hydrogens (tertiary/aromatic N) is 1.